The Labute approximate surface area is 233 Å². The molecule has 3 aromatic rings. The zero-order valence-electron chi connectivity index (χ0n) is 24.3. The molecule has 3 unspecified atom stereocenters. The molecule has 1 saturated heterocycles. The van der Waals surface area contributed by atoms with Gasteiger partial charge in [0.25, 0.3) is 0 Å². The minimum atomic E-state index is -1.13. The first-order valence-corrected chi connectivity index (χ1v) is 18.1. The summed E-state index contributed by atoms with van der Waals surface area (Å²) in [5.41, 5.74) is 2.84. The van der Waals surface area contributed by atoms with Crippen molar-refractivity contribution < 1.29 is 24.1 Å². The summed E-state index contributed by atoms with van der Waals surface area (Å²) in [5.74, 6) is 0.797. The molecule has 216 valence electrons. The van der Waals surface area contributed by atoms with Gasteiger partial charge < -0.3 is 24.1 Å². The van der Waals surface area contributed by atoms with Crippen LogP contribution >= 0.6 is 0 Å². The van der Waals surface area contributed by atoms with Crippen molar-refractivity contribution in [3.8, 4) is 17.0 Å². The fourth-order valence-electron chi connectivity index (χ4n) is 4.63. The van der Waals surface area contributed by atoms with Crippen LogP contribution in [0.3, 0.4) is 0 Å². The molecule has 1 N–H and O–H groups in total. The van der Waals surface area contributed by atoms with Gasteiger partial charge in [0.1, 0.15) is 18.2 Å². The van der Waals surface area contributed by atoms with Crippen LogP contribution in [0, 0.1) is 0 Å². The summed E-state index contributed by atoms with van der Waals surface area (Å²) in [5, 5.41) is 19.7. The zero-order valence-corrected chi connectivity index (χ0v) is 25.3. The molecule has 0 saturated carbocycles. The molecule has 1 aliphatic heterocycles. The lowest BCUT2D eigenvalue weighted by molar-refractivity contribution is -0.0365. The molecule has 0 spiro atoms. The van der Waals surface area contributed by atoms with Crippen LogP contribution in [0.15, 0.2) is 30.6 Å². The Kier molecular flexibility index (Phi) is 10.6. The van der Waals surface area contributed by atoms with Gasteiger partial charge in [-0.2, -0.15) is 10.2 Å². The third-order valence-corrected chi connectivity index (χ3v) is 8.74. The van der Waals surface area contributed by atoms with Gasteiger partial charge in [-0.05, 0) is 63.8 Å². The van der Waals surface area contributed by atoms with Crippen LogP contribution in [0.2, 0.25) is 25.7 Å². The predicted octanol–water partition coefficient (Wildman–Crippen LogP) is 5.86. The first-order valence-electron chi connectivity index (χ1n) is 14.4. The van der Waals surface area contributed by atoms with Crippen LogP contribution in [0.25, 0.3) is 22.2 Å². The standard InChI is InChI=1S/C29H46N4O5Si/c1-22(11-13-34)36-15-12-23(2)38-25-9-10-27-26(18-25)29(31-33(27)28-8-6-7-14-37-28)24-19-30-32(20-24)21-35-16-17-39(3,4)5/h9-10,18-20,22-23,28,34H,6-8,11-17,21H2,1-5H3. The summed E-state index contributed by atoms with van der Waals surface area (Å²) in [4.78, 5) is 0. The molecule has 10 heteroatoms. The molecular weight excluding hydrogens is 512 g/mol. The van der Waals surface area contributed by atoms with Crippen LogP contribution in [0.5, 0.6) is 5.75 Å². The van der Waals surface area contributed by atoms with Gasteiger partial charge in [0.15, 0.2) is 6.23 Å². The average molecular weight is 559 g/mol. The molecule has 9 nitrogen and oxygen atoms in total. The fraction of sp³-hybridized carbons (Fsp3) is 0.655. The first-order chi connectivity index (χ1) is 18.7. The van der Waals surface area contributed by atoms with Crippen LogP contribution in [-0.4, -0.2) is 71.4 Å². The lowest BCUT2D eigenvalue weighted by Crippen LogP contribution is -2.22. The third kappa shape index (κ3) is 8.62. The largest absolute Gasteiger partial charge is 0.491 e. The summed E-state index contributed by atoms with van der Waals surface area (Å²) >= 11 is 0. The number of fused-ring (bicyclic) bond motifs is 1. The molecule has 4 rings (SSSR count). The van der Waals surface area contributed by atoms with E-state index in [0.717, 1.165) is 72.9 Å². The number of rotatable bonds is 15. The molecule has 1 fully saturated rings. The lowest BCUT2D eigenvalue weighted by Gasteiger charge is -2.23. The molecule has 0 amide bonds. The number of nitrogens with zero attached hydrogens (tertiary/aromatic N) is 4. The zero-order chi connectivity index (χ0) is 27.8. The Morgan fingerprint density at radius 1 is 1.13 bits per heavy atom. The monoisotopic (exact) mass is 558 g/mol. The van der Waals surface area contributed by atoms with Crippen LogP contribution in [0.1, 0.15) is 52.2 Å². The minimum Gasteiger partial charge on any atom is -0.491 e. The number of hydrogen-bond donors (Lipinski definition) is 1. The van der Waals surface area contributed by atoms with E-state index in [1.807, 2.05) is 34.7 Å². The van der Waals surface area contributed by atoms with Gasteiger partial charge >= 0.3 is 0 Å². The van der Waals surface area contributed by atoms with E-state index in [9.17, 15) is 0 Å². The van der Waals surface area contributed by atoms with Gasteiger partial charge in [-0.1, -0.05) is 19.6 Å². The number of aliphatic hydroxyl groups excluding tert-OH is 1. The molecular formula is C29H46N4O5Si. The predicted molar refractivity (Wildman–Crippen MR) is 156 cm³/mol. The number of benzene rings is 1. The van der Waals surface area contributed by atoms with Gasteiger partial charge in [0.05, 0.1) is 30.5 Å². The van der Waals surface area contributed by atoms with E-state index in [1.54, 1.807) is 0 Å². The number of aliphatic hydroxyl groups is 1. The normalized spacial score (nSPS) is 17.9. The first kappa shape index (κ1) is 29.7. The van der Waals surface area contributed by atoms with Crippen molar-refractivity contribution in [1.29, 1.82) is 0 Å². The quantitative estimate of drug-likeness (QED) is 0.185. The maximum absolute atomic E-state index is 9.06. The maximum atomic E-state index is 9.06. The van der Waals surface area contributed by atoms with E-state index in [2.05, 4.69) is 43.8 Å². The summed E-state index contributed by atoms with van der Waals surface area (Å²) in [6.45, 7) is 13.8. The van der Waals surface area contributed by atoms with Crippen molar-refractivity contribution in [2.24, 2.45) is 0 Å². The average Bonchev–Trinajstić information content (AvgIpc) is 3.51. The molecule has 3 heterocycles. The van der Waals surface area contributed by atoms with Gasteiger partial charge in [0.2, 0.25) is 0 Å². The number of ether oxygens (including phenoxy) is 4. The van der Waals surface area contributed by atoms with Crippen molar-refractivity contribution in [1.82, 2.24) is 19.6 Å². The second-order valence-electron chi connectivity index (χ2n) is 11.8. The second kappa shape index (κ2) is 13.9. The Morgan fingerprint density at radius 2 is 1.97 bits per heavy atom. The molecule has 39 heavy (non-hydrogen) atoms. The van der Waals surface area contributed by atoms with E-state index >= 15 is 0 Å². The fourth-order valence-corrected chi connectivity index (χ4v) is 5.38. The van der Waals surface area contributed by atoms with Gasteiger partial charge in [0, 0.05) is 51.5 Å². The van der Waals surface area contributed by atoms with Crippen molar-refractivity contribution in [3.63, 3.8) is 0 Å². The lowest BCUT2D eigenvalue weighted by atomic mass is 10.1. The number of aromatic nitrogens is 4. The minimum absolute atomic E-state index is 0.0139. The maximum Gasteiger partial charge on any atom is 0.150 e. The summed E-state index contributed by atoms with van der Waals surface area (Å²) in [7, 11) is -1.13. The van der Waals surface area contributed by atoms with Crippen LogP contribution < -0.4 is 4.74 Å². The molecule has 3 atom stereocenters. The van der Waals surface area contributed by atoms with Gasteiger partial charge in [-0.15, -0.1) is 0 Å². The Balaban J connectivity index is 1.51. The molecule has 1 aromatic carbocycles. The summed E-state index contributed by atoms with van der Waals surface area (Å²) in [6, 6.07) is 7.29. The molecule has 1 aliphatic rings. The van der Waals surface area contributed by atoms with E-state index in [-0.39, 0.29) is 25.0 Å². The highest BCUT2D eigenvalue weighted by Crippen LogP contribution is 2.35. The third-order valence-electron chi connectivity index (χ3n) is 7.03. The van der Waals surface area contributed by atoms with Crippen molar-refractivity contribution in [2.45, 2.75) is 96.8 Å². The Bertz CT molecular complexity index is 1170. The van der Waals surface area contributed by atoms with Crippen molar-refractivity contribution in [2.75, 3.05) is 26.4 Å². The van der Waals surface area contributed by atoms with E-state index in [1.165, 1.54) is 0 Å². The van der Waals surface area contributed by atoms with Gasteiger partial charge in [-0.25, -0.2) is 9.36 Å². The summed E-state index contributed by atoms with van der Waals surface area (Å²) in [6.07, 6.45) is 8.39. The smallest absolute Gasteiger partial charge is 0.150 e. The second-order valence-corrected chi connectivity index (χ2v) is 17.4. The van der Waals surface area contributed by atoms with Crippen molar-refractivity contribution >= 4 is 19.0 Å². The number of hydrogen-bond acceptors (Lipinski definition) is 7. The van der Waals surface area contributed by atoms with E-state index in [4.69, 9.17) is 29.2 Å². The van der Waals surface area contributed by atoms with Crippen LogP contribution in [-0.2, 0) is 20.9 Å². The molecule has 2 aromatic heterocycles. The molecule has 0 bridgehead atoms. The highest BCUT2D eigenvalue weighted by atomic mass is 28.3. The highest BCUT2D eigenvalue weighted by molar-refractivity contribution is 6.76. The topological polar surface area (TPSA) is 92.8 Å². The van der Waals surface area contributed by atoms with Crippen molar-refractivity contribution in [3.05, 3.63) is 30.6 Å². The van der Waals surface area contributed by atoms with Gasteiger partial charge in [-0.3, -0.25) is 0 Å². The highest BCUT2D eigenvalue weighted by Gasteiger charge is 2.23. The van der Waals surface area contributed by atoms with E-state index < -0.39 is 8.07 Å². The summed E-state index contributed by atoms with van der Waals surface area (Å²) < 4.78 is 27.9. The van der Waals surface area contributed by atoms with E-state index in [0.29, 0.717) is 19.8 Å². The van der Waals surface area contributed by atoms with Crippen LogP contribution in [0.4, 0.5) is 0 Å². The Morgan fingerprint density at radius 3 is 2.72 bits per heavy atom. The Hall–Kier alpha value is -2.24. The molecule has 0 radical (unpaired) electrons. The molecule has 0 aliphatic carbocycles. The SMILES string of the molecule is CC(CCO)OCCC(C)Oc1ccc2c(c1)c(-c1cnn(COCC[Si](C)(C)C)c1)nn2C1CCCCO1.